The third-order valence-corrected chi connectivity index (χ3v) is 6.26. The second-order valence-corrected chi connectivity index (χ2v) is 8.69. The third kappa shape index (κ3) is 3.43. The van der Waals surface area contributed by atoms with Gasteiger partial charge < -0.3 is 9.97 Å². The van der Waals surface area contributed by atoms with Gasteiger partial charge in [-0.15, -0.1) is 0 Å². The minimum atomic E-state index is -0.0168. The number of halogens is 1. The van der Waals surface area contributed by atoms with Crippen LogP contribution in [0.2, 0.25) is 0 Å². The highest BCUT2D eigenvalue weighted by Gasteiger charge is 2.21. The molecule has 31 heavy (non-hydrogen) atoms. The summed E-state index contributed by atoms with van der Waals surface area (Å²) in [5, 5.41) is 2.22. The number of hydrogen-bond acceptors (Lipinski definition) is 1. The molecule has 0 aliphatic heterocycles. The van der Waals surface area contributed by atoms with E-state index in [4.69, 9.17) is 0 Å². The standard InChI is InChI=1S/C27H21BrN2O/c1-16-26(20-7-3-5-9-23(20)29-16)22(15-25(31)18-11-13-19(28)14-12-18)27-17(2)30-24-10-6-4-8-21(24)27/h3-15,29-30H,1-2H3. The van der Waals surface area contributed by atoms with Crippen molar-refractivity contribution in [2.24, 2.45) is 0 Å². The molecular weight excluding hydrogens is 448 g/mol. The fourth-order valence-electron chi connectivity index (χ4n) is 4.35. The van der Waals surface area contributed by atoms with E-state index in [0.29, 0.717) is 5.56 Å². The Kier molecular flexibility index (Phi) is 4.87. The molecule has 152 valence electrons. The maximum absolute atomic E-state index is 13.3. The lowest BCUT2D eigenvalue weighted by Crippen LogP contribution is -1.99. The van der Waals surface area contributed by atoms with Crippen LogP contribution >= 0.6 is 15.9 Å². The maximum atomic E-state index is 13.3. The zero-order valence-corrected chi connectivity index (χ0v) is 18.9. The Morgan fingerprint density at radius 1 is 0.742 bits per heavy atom. The van der Waals surface area contributed by atoms with Crippen molar-refractivity contribution >= 4 is 49.1 Å². The maximum Gasteiger partial charge on any atom is 0.186 e. The molecule has 0 unspecified atom stereocenters. The molecule has 2 N–H and O–H groups in total. The number of rotatable bonds is 4. The monoisotopic (exact) mass is 468 g/mol. The third-order valence-electron chi connectivity index (χ3n) is 5.73. The number of H-pyrrole nitrogens is 2. The summed E-state index contributed by atoms with van der Waals surface area (Å²) in [6, 6.07) is 24.0. The minimum Gasteiger partial charge on any atom is -0.358 e. The molecule has 0 spiro atoms. The van der Waals surface area contributed by atoms with Crippen LogP contribution in [0.5, 0.6) is 0 Å². The normalized spacial score (nSPS) is 11.2. The van der Waals surface area contributed by atoms with Gasteiger partial charge in [-0.25, -0.2) is 0 Å². The summed E-state index contributed by atoms with van der Waals surface area (Å²) in [6.45, 7) is 4.13. The average Bonchev–Trinajstić information content (AvgIpc) is 3.28. The number of carbonyl (C=O) groups excluding carboxylic acids is 1. The van der Waals surface area contributed by atoms with Crippen LogP contribution in [0.15, 0.2) is 83.3 Å². The first kappa shape index (κ1) is 19.6. The van der Waals surface area contributed by atoms with Gasteiger partial charge in [-0.05, 0) is 61.9 Å². The zero-order valence-electron chi connectivity index (χ0n) is 17.3. The second kappa shape index (κ2) is 7.71. The quantitative estimate of drug-likeness (QED) is 0.210. The number of para-hydroxylation sites is 2. The molecule has 2 aromatic heterocycles. The number of aryl methyl sites for hydroxylation is 2. The van der Waals surface area contributed by atoms with Gasteiger partial charge in [-0.2, -0.15) is 0 Å². The van der Waals surface area contributed by atoms with E-state index >= 15 is 0 Å². The zero-order chi connectivity index (χ0) is 21.5. The minimum absolute atomic E-state index is 0.0168. The van der Waals surface area contributed by atoms with Crippen LogP contribution in [0.25, 0.3) is 27.4 Å². The highest BCUT2D eigenvalue weighted by molar-refractivity contribution is 9.10. The number of hydrogen-bond donors (Lipinski definition) is 2. The van der Waals surface area contributed by atoms with Crippen molar-refractivity contribution < 1.29 is 4.79 Å². The van der Waals surface area contributed by atoms with E-state index in [9.17, 15) is 4.79 Å². The molecule has 0 fully saturated rings. The molecule has 0 saturated carbocycles. The molecule has 0 radical (unpaired) electrons. The van der Waals surface area contributed by atoms with E-state index in [-0.39, 0.29) is 5.78 Å². The van der Waals surface area contributed by atoms with E-state index in [0.717, 1.165) is 54.4 Å². The number of carbonyl (C=O) groups is 1. The predicted molar refractivity (Wildman–Crippen MR) is 132 cm³/mol. The predicted octanol–water partition coefficient (Wildman–Crippen LogP) is 7.34. The Balaban J connectivity index is 1.80. The number of benzene rings is 3. The summed E-state index contributed by atoms with van der Waals surface area (Å²) in [5.41, 5.74) is 7.93. The first-order valence-electron chi connectivity index (χ1n) is 10.2. The Morgan fingerprint density at radius 2 is 1.23 bits per heavy atom. The van der Waals surface area contributed by atoms with Crippen molar-refractivity contribution in [3.05, 3.63) is 111 Å². The summed E-state index contributed by atoms with van der Waals surface area (Å²) in [6.07, 6.45) is 1.79. The molecule has 0 aliphatic rings. The molecule has 0 saturated heterocycles. The van der Waals surface area contributed by atoms with Crippen LogP contribution in [0, 0.1) is 13.8 Å². The molecule has 3 nitrogen and oxygen atoms in total. The highest BCUT2D eigenvalue weighted by Crippen LogP contribution is 2.38. The second-order valence-electron chi connectivity index (χ2n) is 7.77. The molecular formula is C27H21BrN2O. The van der Waals surface area contributed by atoms with Crippen LogP contribution in [-0.4, -0.2) is 15.8 Å². The molecule has 4 heteroatoms. The fraction of sp³-hybridized carbons (Fsp3) is 0.0741. The largest absolute Gasteiger partial charge is 0.358 e. The lowest BCUT2D eigenvalue weighted by Gasteiger charge is -2.10. The van der Waals surface area contributed by atoms with E-state index in [1.807, 2.05) is 48.5 Å². The highest BCUT2D eigenvalue weighted by atomic mass is 79.9. The number of ketones is 1. The van der Waals surface area contributed by atoms with Crippen LogP contribution < -0.4 is 0 Å². The molecule has 2 heterocycles. The van der Waals surface area contributed by atoms with Gasteiger partial charge >= 0.3 is 0 Å². The topological polar surface area (TPSA) is 48.6 Å². The van der Waals surface area contributed by atoms with Crippen molar-refractivity contribution in [2.45, 2.75) is 13.8 Å². The van der Waals surface area contributed by atoms with E-state index in [2.05, 4.69) is 64.0 Å². The fourth-order valence-corrected chi connectivity index (χ4v) is 4.61. The number of aromatic amines is 2. The van der Waals surface area contributed by atoms with Crippen LogP contribution in [0.3, 0.4) is 0 Å². The van der Waals surface area contributed by atoms with Crippen molar-refractivity contribution in [3.8, 4) is 0 Å². The van der Waals surface area contributed by atoms with E-state index in [1.165, 1.54) is 0 Å². The van der Waals surface area contributed by atoms with Gasteiger partial charge in [-0.1, -0.05) is 52.3 Å². The molecule has 3 aromatic carbocycles. The van der Waals surface area contributed by atoms with Gasteiger partial charge in [0.1, 0.15) is 0 Å². The summed E-state index contributed by atoms with van der Waals surface area (Å²) in [7, 11) is 0. The summed E-state index contributed by atoms with van der Waals surface area (Å²) in [5.74, 6) is -0.0168. The van der Waals surface area contributed by atoms with Gasteiger partial charge in [0.05, 0.1) is 0 Å². The number of nitrogens with one attached hydrogen (secondary N) is 2. The Morgan fingerprint density at radius 3 is 1.74 bits per heavy atom. The van der Waals surface area contributed by atoms with Crippen LogP contribution in [0.4, 0.5) is 0 Å². The van der Waals surface area contributed by atoms with E-state index in [1.54, 1.807) is 6.08 Å². The van der Waals surface area contributed by atoms with Gasteiger partial charge in [0.2, 0.25) is 0 Å². The number of aromatic nitrogens is 2. The summed E-state index contributed by atoms with van der Waals surface area (Å²) < 4.78 is 0.952. The molecule has 5 aromatic rings. The number of fused-ring (bicyclic) bond motifs is 2. The number of allylic oxidation sites excluding steroid dienone is 1. The Hall–Kier alpha value is -3.37. The van der Waals surface area contributed by atoms with Gasteiger partial charge in [0.25, 0.3) is 0 Å². The molecule has 5 rings (SSSR count). The smallest absolute Gasteiger partial charge is 0.186 e. The van der Waals surface area contributed by atoms with Crippen molar-refractivity contribution in [1.29, 1.82) is 0 Å². The molecule has 0 amide bonds. The van der Waals surface area contributed by atoms with Gasteiger partial charge in [-0.3, -0.25) is 4.79 Å². The Labute approximate surface area is 188 Å². The van der Waals surface area contributed by atoms with Crippen LogP contribution in [0.1, 0.15) is 32.9 Å². The SMILES string of the molecule is Cc1[nH]c2ccccc2c1C(=CC(=O)c1ccc(Br)cc1)c1c(C)[nH]c2ccccc12. The summed E-state index contributed by atoms with van der Waals surface area (Å²) >= 11 is 3.45. The van der Waals surface area contributed by atoms with Crippen molar-refractivity contribution in [2.75, 3.05) is 0 Å². The van der Waals surface area contributed by atoms with Gasteiger partial charge in [0.15, 0.2) is 5.78 Å². The summed E-state index contributed by atoms with van der Waals surface area (Å²) in [4.78, 5) is 20.3. The van der Waals surface area contributed by atoms with Gasteiger partial charge in [0, 0.05) is 54.4 Å². The van der Waals surface area contributed by atoms with E-state index < -0.39 is 0 Å². The Bertz CT molecular complexity index is 1390. The van der Waals surface area contributed by atoms with Crippen molar-refractivity contribution in [1.82, 2.24) is 9.97 Å². The average molecular weight is 469 g/mol. The molecule has 0 aliphatic carbocycles. The first-order chi connectivity index (χ1) is 15.0. The lowest BCUT2D eigenvalue weighted by atomic mass is 9.91. The van der Waals surface area contributed by atoms with Crippen molar-refractivity contribution in [3.63, 3.8) is 0 Å². The molecule has 0 atom stereocenters. The first-order valence-corrected chi connectivity index (χ1v) is 11.0. The lowest BCUT2D eigenvalue weighted by molar-refractivity contribution is 0.104. The van der Waals surface area contributed by atoms with Crippen LogP contribution in [-0.2, 0) is 0 Å². The molecule has 0 bridgehead atoms.